The van der Waals surface area contributed by atoms with E-state index in [0.29, 0.717) is 37.6 Å². The smallest absolute Gasteiger partial charge is 0.225 e. The van der Waals surface area contributed by atoms with Crippen LogP contribution in [0.4, 0.5) is 5.69 Å². The second kappa shape index (κ2) is 12.8. The van der Waals surface area contributed by atoms with Crippen LogP contribution < -0.4 is 15.4 Å². The van der Waals surface area contributed by atoms with E-state index in [0.717, 1.165) is 38.1 Å². The summed E-state index contributed by atoms with van der Waals surface area (Å²) in [6.45, 7) is 3.65. The molecule has 2 N–H and O–H groups in total. The van der Waals surface area contributed by atoms with Crippen molar-refractivity contribution < 1.29 is 19.1 Å². The first kappa shape index (κ1) is 23.8. The quantitative estimate of drug-likeness (QED) is 0.522. The number of hydrogen-bond donors (Lipinski definition) is 2. The van der Waals surface area contributed by atoms with E-state index in [1.54, 1.807) is 7.11 Å². The predicted octanol–water partition coefficient (Wildman–Crippen LogP) is 3.67. The van der Waals surface area contributed by atoms with Crippen molar-refractivity contribution in [1.82, 2.24) is 10.2 Å². The van der Waals surface area contributed by atoms with E-state index in [2.05, 4.69) is 15.5 Å². The molecule has 1 aliphatic rings. The van der Waals surface area contributed by atoms with Gasteiger partial charge in [-0.05, 0) is 56.6 Å². The molecule has 172 valence electrons. The molecule has 7 nitrogen and oxygen atoms in total. The monoisotopic (exact) mass is 439 g/mol. The fourth-order valence-electron chi connectivity index (χ4n) is 3.74. The van der Waals surface area contributed by atoms with Crippen LogP contribution in [0.25, 0.3) is 0 Å². The van der Waals surface area contributed by atoms with Crippen LogP contribution in [0.3, 0.4) is 0 Å². The normalized spacial score (nSPS) is 14.7. The third kappa shape index (κ3) is 7.66. The first-order valence-corrected chi connectivity index (χ1v) is 11.3. The average molecular weight is 440 g/mol. The maximum Gasteiger partial charge on any atom is 0.225 e. The molecule has 3 rings (SSSR count). The van der Waals surface area contributed by atoms with Crippen LogP contribution in [0.5, 0.6) is 11.5 Å². The third-order valence-electron chi connectivity index (χ3n) is 5.57. The van der Waals surface area contributed by atoms with Crippen LogP contribution >= 0.6 is 0 Å². The Balaban J connectivity index is 1.39. The molecule has 2 aromatic carbocycles. The lowest BCUT2D eigenvalue weighted by Gasteiger charge is -2.31. The number of anilines is 1. The average Bonchev–Trinajstić information content (AvgIpc) is 2.83. The van der Waals surface area contributed by atoms with Gasteiger partial charge in [0.1, 0.15) is 5.75 Å². The predicted molar refractivity (Wildman–Crippen MR) is 125 cm³/mol. The van der Waals surface area contributed by atoms with Gasteiger partial charge < -0.3 is 25.0 Å². The number of para-hydroxylation sites is 3. The molecule has 0 radical (unpaired) electrons. The lowest BCUT2D eigenvalue weighted by atomic mass is 9.96. The van der Waals surface area contributed by atoms with Crippen LogP contribution in [0.2, 0.25) is 0 Å². The molecule has 0 aromatic heterocycles. The number of nitrogens with one attached hydrogen (secondary N) is 2. The minimum Gasteiger partial charge on any atom is -0.455 e. The number of rotatable bonds is 11. The van der Waals surface area contributed by atoms with Gasteiger partial charge in [0.15, 0.2) is 5.75 Å². The molecule has 0 saturated carbocycles. The lowest BCUT2D eigenvalue weighted by Crippen LogP contribution is -2.41. The van der Waals surface area contributed by atoms with Crippen LogP contribution in [0.15, 0.2) is 54.6 Å². The largest absolute Gasteiger partial charge is 0.455 e. The molecule has 1 heterocycles. The number of carbonyl (C=O) groups excluding carboxylic acids is 2. The Morgan fingerprint density at radius 1 is 1.03 bits per heavy atom. The molecule has 32 heavy (non-hydrogen) atoms. The second-order valence-electron chi connectivity index (χ2n) is 7.96. The van der Waals surface area contributed by atoms with Gasteiger partial charge in [0.25, 0.3) is 0 Å². The van der Waals surface area contributed by atoms with Crippen LogP contribution in [-0.2, 0) is 14.3 Å². The Labute approximate surface area is 190 Å². The molecule has 1 aliphatic heterocycles. The summed E-state index contributed by atoms with van der Waals surface area (Å²) in [5.41, 5.74) is 0.658. The Morgan fingerprint density at radius 2 is 1.75 bits per heavy atom. The minimum absolute atomic E-state index is 0.0490. The first-order chi connectivity index (χ1) is 15.7. The first-order valence-electron chi connectivity index (χ1n) is 11.3. The van der Waals surface area contributed by atoms with Crippen LogP contribution in [0.1, 0.15) is 25.7 Å². The van der Waals surface area contributed by atoms with E-state index in [9.17, 15) is 9.59 Å². The van der Waals surface area contributed by atoms with Gasteiger partial charge in [0.05, 0.1) is 5.69 Å². The SMILES string of the molecule is COCCCNC(=O)C1CCN(CCC(=O)Nc2ccccc2Oc2ccccc2)CC1. The number of likely N-dealkylation sites (tertiary alicyclic amines) is 1. The Bertz CT molecular complexity index is 851. The summed E-state index contributed by atoms with van der Waals surface area (Å²) < 4.78 is 10.9. The molecule has 0 bridgehead atoms. The molecule has 1 fully saturated rings. The third-order valence-corrected chi connectivity index (χ3v) is 5.57. The minimum atomic E-state index is -0.0490. The highest BCUT2D eigenvalue weighted by molar-refractivity contribution is 5.92. The van der Waals surface area contributed by atoms with Gasteiger partial charge in [0, 0.05) is 39.1 Å². The fourth-order valence-corrected chi connectivity index (χ4v) is 3.74. The molecule has 0 spiro atoms. The number of hydrogen-bond acceptors (Lipinski definition) is 5. The maximum atomic E-state index is 12.5. The van der Waals surface area contributed by atoms with Crippen molar-refractivity contribution in [1.29, 1.82) is 0 Å². The zero-order valence-corrected chi connectivity index (χ0v) is 18.7. The molecule has 1 saturated heterocycles. The summed E-state index contributed by atoms with van der Waals surface area (Å²) in [5.74, 6) is 1.48. The molecule has 2 aromatic rings. The van der Waals surface area contributed by atoms with E-state index in [1.807, 2.05) is 54.6 Å². The number of piperidine rings is 1. The number of carbonyl (C=O) groups is 2. The number of ether oxygens (including phenoxy) is 2. The van der Waals surface area contributed by atoms with Gasteiger partial charge in [-0.1, -0.05) is 30.3 Å². The summed E-state index contributed by atoms with van der Waals surface area (Å²) in [4.78, 5) is 27.0. The van der Waals surface area contributed by atoms with Crippen molar-refractivity contribution in [2.75, 3.05) is 45.2 Å². The molecule has 0 unspecified atom stereocenters. The number of amides is 2. The molecular formula is C25H33N3O4. The van der Waals surface area contributed by atoms with Gasteiger partial charge in [-0.2, -0.15) is 0 Å². The zero-order chi connectivity index (χ0) is 22.6. The van der Waals surface area contributed by atoms with Gasteiger partial charge in [-0.15, -0.1) is 0 Å². The highest BCUT2D eigenvalue weighted by Crippen LogP contribution is 2.29. The number of benzene rings is 2. The van der Waals surface area contributed by atoms with Gasteiger partial charge in [-0.3, -0.25) is 9.59 Å². The Kier molecular flexibility index (Phi) is 9.53. The van der Waals surface area contributed by atoms with E-state index in [1.165, 1.54) is 0 Å². The molecule has 0 aliphatic carbocycles. The molecular weight excluding hydrogens is 406 g/mol. The highest BCUT2D eigenvalue weighted by atomic mass is 16.5. The Morgan fingerprint density at radius 3 is 2.50 bits per heavy atom. The molecule has 2 amide bonds. The van der Waals surface area contributed by atoms with Gasteiger partial charge in [0.2, 0.25) is 11.8 Å². The molecule has 0 atom stereocenters. The van der Waals surface area contributed by atoms with Gasteiger partial charge >= 0.3 is 0 Å². The summed E-state index contributed by atoms with van der Waals surface area (Å²) >= 11 is 0. The van der Waals surface area contributed by atoms with E-state index < -0.39 is 0 Å². The number of methoxy groups -OCH3 is 1. The van der Waals surface area contributed by atoms with Crippen molar-refractivity contribution in [2.45, 2.75) is 25.7 Å². The summed E-state index contributed by atoms with van der Waals surface area (Å²) in [7, 11) is 1.66. The van der Waals surface area contributed by atoms with Crippen molar-refractivity contribution in [3.8, 4) is 11.5 Å². The van der Waals surface area contributed by atoms with Crippen LogP contribution in [-0.4, -0.2) is 56.6 Å². The van der Waals surface area contributed by atoms with Crippen LogP contribution in [0, 0.1) is 5.92 Å². The van der Waals surface area contributed by atoms with Crippen molar-refractivity contribution >= 4 is 17.5 Å². The summed E-state index contributed by atoms with van der Waals surface area (Å²) in [6.07, 6.45) is 2.88. The maximum absolute atomic E-state index is 12.5. The van der Waals surface area contributed by atoms with Crippen molar-refractivity contribution in [3.63, 3.8) is 0 Å². The van der Waals surface area contributed by atoms with Gasteiger partial charge in [-0.25, -0.2) is 0 Å². The topological polar surface area (TPSA) is 79.9 Å². The standard InChI is InChI=1S/C25H33N3O4/c1-31-19-7-15-26-25(30)20-12-16-28(17-13-20)18-14-24(29)27-22-10-5-6-11-23(22)32-21-8-3-2-4-9-21/h2-6,8-11,20H,7,12-19H2,1H3,(H,26,30)(H,27,29). The Hall–Kier alpha value is -2.90. The van der Waals surface area contributed by atoms with E-state index in [4.69, 9.17) is 9.47 Å². The fraction of sp³-hybridized carbons (Fsp3) is 0.440. The zero-order valence-electron chi connectivity index (χ0n) is 18.7. The lowest BCUT2D eigenvalue weighted by molar-refractivity contribution is -0.126. The van der Waals surface area contributed by atoms with E-state index in [-0.39, 0.29) is 17.7 Å². The van der Waals surface area contributed by atoms with Crippen molar-refractivity contribution in [2.24, 2.45) is 5.92 Å². The van der Waals surface area contributed by atoms with E-state index >= 15 is 0 Å². The number of nitrogens with zero attached hydrogens (tertiary/aromatic N) is 1. The molecule has 7 heteroatoms. The summed E-state index contributed by atoms with van der Waals surface area (Å²) in [6, 6.07) is 16.9. The second-order valence-corrected chi connectivity index (χ2v) is 7.96. The van der Waals surface area contributed by atoms with Crippen molar-refractivity contribution in [3.05, 3.63) is 54.6 Å². The highest BCUT2D eigenvalue weighted by Gasteiger charge is 2.24. The summed E-state index contributed by atoms with van der Waals surface area (Å²) in [5, 5.41) is 5.95.